The summed E-state index contributed by atoms with van der Waals surface area (Å²) in [4.78, 5) is 28.0. The molecule has 0 aromatic heterocycles. The van der Waals surface area contributed by atoms with Gasteiger partial charge in [0.2, 0.25) is 11.8 Å². The minimum Gasteiger partial charge on any atom is -0.356 e. The van der Waals surface area contributed by atoms with E-state index >= 15 is 0 Å². The van der Waals surface area contributed by atoms with E-state index in [0.29, 0.717) is 6.54 Å². The number of nitrogens with one attached hydrogen (secondary N) is 1. The largest absolute Gasteiger partial charge is 0.356 e. The lowest BCUT2D eigenvalue weighted by molar-refractivity contribution is -0.141. The summed E-state index contributed by atoms with van der Waals surface area (Å²) >= 11 is 0. The third-order valence-corrected chi connectivity index (χ3v) is 5.36. The number of hydrogen-bond acceptors (Lipinski definition) is 3. The van der Waals surface area contributed by atoms with Gasteiger partial charge in [-0.3, -0.25) is 14.5 Å². The molecule has 0 bridgehead atoms. The molecule has 1 N–H and O–H groups in total. The molecule has 1 atom stereocenters. The van der Waals surface area contributed by atoms with Gasteiger partial charge in [0.1, 0.15) is 0 Å². The van der Waals surface area contributed by atoms with Crippen LogP contribution in [0.25, 0.3) is 10.8 Å². The van der Waals surface area contributed by atoms with Gasteiger partial charge in [-0.25, -0.2) is 0 Å². The third kappa shape index (κ3) is 5.07. The van der Waals surface area contributed by atoms with Crippen molar-refractivity contribution in [3.8, 4) is 0 Å². The Morgan fingerprint density at radius 1 is 1.15 bits per heavy atom. The second-order valence-electron chi connectivity index (χ2n) is 7.38. The van der Waals surface area contributed by atoms with Gasteiger partial charge in [-0.2, -0.15) is 0 Å². The Morgan fingerprint density at radius 3 is 2.70 bits per heavy atom. The normalized spacial score (nSPS) is 18.1. The van der Waals surface area contributed by atoms with Gasteiger partial charge in [0.05, 0.1) is 6.04 Å². The molecule has 0 spiro atoms. The van der Waals surface area contributed by atoms with Gasteiger partial charge in [0, 0.05) is 33.1 Å². The number of amides is 2. The minimum atomic E-state index is -0.0795. The summed E-state index contributed by atoms with van der Waals surface area (Å²) in [6.45, 7) is 4.59. The average molecular weight is 367 g/mol. The van der Waals surface area contributed by atoms with Crippen molar-refractivity contribution in [1.29, 1.82) is 0 Å². The molecule has 2 aromatic carbocycles. The van der Waals surface area contributed by atoms with Crippen molar-refractivity contribution >= 4 is 22.6 Å². The SMILES string of the molecule is CC(=O)NCCC[C@H]1C(=O)N(CCc2ccc3ccccc3c2)CCN1C. The number of piperazine rings is 1. The second-order valence-corrected chi connectivity index (χ2v) is 7.38. The molecule has 27 heavy (non-hydrogen) atoms. The summed E-state index contributed by atoms with van der Waals surface area (Å²) in [5, 5.41) is 5.30. The number of fused-ring (bicyclic) bond motifs is 1. The lowest BCUT2D eigenvalue weighted by Crippen LogP contribution is -2.56. The minimum absolute atomic E-state index is 0.0182. The van der Waals surface area contributed by atoms with Gasteiger partial charge in [0.15, 0.2) is 0 Å². The first-order valence-electron chi connectivity index (χ1n) is 9.76. The molecule has 0 radical (unpaired) electrons. The number of benzene rings is 2. The van der Waals surface area contributed by atoms with Gasteiger partial charge in [-0.1, -0.05) is 42.5 Å². The van der Waals surface area contributed by atoms with Crippen molar-refractivity contribution in [2.75, 3.05) is 33.2 Å². The molecule has 2 aromatic rings. The van der Waals surface area contributed by atoms with Crippen molar-refractivity contribution < 1.29 is 9.59 Å². The van der Waals surface area contributed by atoms with E-state index in [4.69, 9.17) is 0 Å². The number of rotatable bonds is 7. The van der Waals surface area contributed by atoms with Crippen molar-refractivity contribution in [1.82, 2.24) is 15.1 Å². The van der Waals surface area contributed by atoms with Gasteiger partial charge < -0.3 is 10.2 Å². The van der Waals surface area contributed by atoms with Crippen LogP contribution in [0.5, 0.6) is 0 Å². The fourth-order valence-corrected chi connectivity index (χ4v) is 3.73. The van der Waals surface area contributed by atoms with Gasteiger partial charge in [-0.15, -0.1) is 0 Å². The Kier molecular flexibility index (Phi) is 6.45. The van der Waals surface area contributed by atoms with Crippen LogP contribution < -0.4 is 5.32 Å². The van der Waals surface area contributed by atoms with E-state index in [2.05, 4.69) is 52.7 Å². The van der Waals surface area contributed by atoms with E-state index in [9.17, 15) is 9.59 Å². The molecule has 5 heteroatoms. The zero-order valence-electron chi connectivity index (χ0n) is 16.3. The van der Waals surface area contributed by atoms with E-state index < -0.39 is 0 Å². The standard InChI is InChI=1S/C22H29N3O2/c1-17(26)23-12-5-8-21-22(27)25(15-14-24(21)2)13-11-18-9-10-19-6-3-4-7-20(19)16-18/h3-4,6-7,9-10,16,21H,5,8,11-15H2,1-2H3,(H,23,26)/t21-/m0/s1. The highest BCUT2D eigenvalue weighted by Crippen LogP contribution is 2.18. The van der Waals surface area contributed by atoms with Crippen LogP contribution in [0.1, 0.15) is 25.3 Å². The number of hydrogen-bond donors (Lipinski definition) is 1. The summed E-state index contributed by atoms with van der Waals surface area (Å²) in [6.07, 6.45) is 2.47. The highest BCUT2D eigenvalue weighted by atomic mass is 16.2. The molecule has 1 aliphatic heterocycles. The number of carbonyl (C=O) groups excluding carboxylic acids is 2. The molecule has 0 unspecified atom stereocenters. The smallest absolute Gasteiger partial charge is 0.239 e. The first kappa shape index (κ1) is 19.4. The molecule has 1 fully saturated rings. The van der Waals surface area contributed by atoms with Crippen LogP contribution in [0.15, 0.2) is 42.5 Å². The zero-order chi connectivity index (χ0) is 19.2. The average Bonchev–Trinajstić information content (AvgIpc) is 2.66. The van der Waals surface area contributed by atoms with Crippen LogP contribution in [-0.2, 0) is 16.0 Å². The summed E-state index contributed by atoms with van der Waals surface area (Å²) < 4.78 is 0. The summed E-state index contributed by atoms with van der Waals surface area (Å²) in [7, 11) is 2.02. The lowest BCUT2D eigenvalue weighted by atomic mass is 10.0. The van der Waals surface area contributed by atoms with Crippen LogP contribution in [0.2, 0.25) is 0 Å². The van der Waals surface area contributed by atoms with Crippen LogP contribution >= 0.6 is 0 Å². The number of likely N-dealkylation sites (N-methyl/N-ethyl adjacent to an activating group) is 1. The van der Waals surface area contributed by atoms with Crippen LogP contribution in [0.4, 0.5) is 0 Å². The maximum absolute atomic E-state index is 12.9. The first-order chi connectivity index (χ1) is 13.0. The van der Waals surface area contributed by atoms with E-state index in [1.807, 2.05) is 11.9 Å². The summed E-state index contributed by atoms with van der Waals surface area (Å²) in [5.74, 6) is 0.197. The molecule has 1 saturated heterocycles. The quantitative estimate of drug-likeness (QED) is 0.765. The van der Waals surface area contributed by atoms with E-state index in [-0.39, 0.29) is 17.9 Å². The fourth-order valence-electron chi connectivity index (χ4n) is 3.73. The Balaban J connectivity index is 1.55. The summed E-state index contributed by atoms with van der Waals surface area (Å²) in [6, 6.07) is 14.8. The van der Waals surface area contributed by atoms with Gasteiger partial charge in [0.25, 0.3) is 0 Å². The fraction of sp³-hybridized carbons (Fsp3) is 0.455. The third-order valence-electron chi connectivity index (χ3n) is 5.36. The van der Waals surface area contributed by atoms with Crippen LogP contribution in [-0.4, -0.2) is 60.9 Å². The Bertz CT molecular complexity index is 805. The lowest BCUT2D eigenvalue weighted by Gasteiger charge is -2.39. The van der Waals surface area contributed by atoms with E-state index in [1.54, 1.807) is 0 Å². The van der Waals surface area contributed by atoms with Crippen LogP contribution in [0.3, 0.4) is 0 Å². The molecule has 5 nitrogen and oxygen atoms in total. The van der Waals surface area contributed by atoms with Gasteiger partial charge >= 0.3 is 0 Å². The molecule has 0 aliphatic carbocycles. The van der Waals surface area contributed by atoms with Crippen molar-refractivity contribution in [3.63, 3.8) is 0 Å². The van der Waals surface area contributed by atoms with Crippen molar-refractivity contribution in [2.24, 2.45) is 0 Å². The topological polar surface area (TPSA) is 52.7 Å². The van der Waals surface area contributed by atoms with Crippen molar-refractivity contribution in [2.45, 2.75) is 32.2 Å². The Labute approximate surface area is 161 Å². The number of carbonyl (C=O) groups is 2. The highest BCUT2D eigenvalue weighted by molar-refractivity contribution is 5.83. The predicted octanol–water partition coefficient (Wildman–Crippen LogP) is 2.44. The Morgan fingerprint density at radius 2 is 1.93 bits per heavy atom. The monoisotopic (exact) mass is 367 g/mol. The molecule has 3 rings (SSSR count). The van der Waals surface area contributed by atoms with Crippen LogP contribution in [0, 0.1) is 0 Å². The molecule has 2 amide bonds. The first-order valence-corrected chi connectivity index (χ1v) is 9.76. The highest BCUT2D eigenvalue weighted by Gasteiger charge is 2.31. The summed E-state index contributed by atoms with van der Waals surface area (Å²) in [5.41, 5.74) is 1.27. The maximum Gasteiger partial charge on any atom is 0.239 e. The second kappa shape index (κ2) is 9.00. The molecular weight excluding hydrogens is 338 g/mol. The van der Waals surface area contributed by atoms with E-state index in [0.717, 1.165) is 38.9 Å². The maximum atomic E-state index is 12.9. The van der Waals surface area contributed by atoms with E-state index in [1.165, 1.54) is 23.3 Å². The Hall–Kier alpha value is -2.40. The molecule has 144 valence electrons. The zero-order valence-corrected chi connectivity index (χ0v) is 16.3. The molecule has 1 heterocycles. The van der Waals surface area contributed by atoms with Crippen molar-refractivity contribution in [3.05, 3.63) is 48.0 Å². The van der Waals surface area contributed by atoms with Gasteiger partial charge in [-0.05, 0) is 42.6 Å². The molecule has 1 aliphatic rings. The predicted molar refractivity (Wildman–Crippen MR) is 109 cm³/mol. The number of nitrogens with zero attached hydrogens (tertiary/aromatic N) is 2. The molecular formula is C22H29N3O2. The molecule has 0 saturated carbocycles.